The van der Waals surface area contributed by atoms with Crippen molar-refractivity contribution in [2.75, 3.05) is 24.3 Å². The van der Waals surface area contributed by atoms with Gasteiger partial charge < -0.3 is 9.64 Å². The Morgan fingerprint density at radius 3 is 2.50 bits per heavy atom. The van der Waals surface area contributed by atoms with E-state index in [1.165, 1.54) is 11.8 Å². The van der Waals surface area contributed by atoms with E-state index in [0.29, 0.717) is 9.92 Å². The van der Waals surface area contributed by atoms with Crippen LogP contribution in [0.15, 0.2) is 53.1 Å². The number of hydrogen-bond donors (Lipinski definition) is 0. The Bertz CT molecular complexity index is 1040. The molecule has 1 aliphatic heterocycles. The minimum absolute atomic E-state index is 0.00162. The number of nitrogens with zero attached hydrogens (tertiary/aromatic N) is 1. The van der Waals surface area contributed by atoms with Crippen molar-refractivity contribution < 1.29 is 14.3 Å². The molecule has 0 saturated carbocycles. The van der Waals surface area contributed by atoms with Crippen LogP contribution in [0.1, 0.15) is 19.4 Å². The predicted octanol–water partition coefficient (Wildman–Crippen LogP) is 6.16. The summed E-state index contributed by atoms with van der Waals surface area (Å²) in [5.41, 5.74) is 2.76. The average molecular weight is 485 g/mol. The second-order valence-corrected chi connectivity index (χ2v) is 9.50. The monoisotopic (exact) mass is 483 g/mol. The molecule has 4 nitrogen and oxygen atoms in total. The normalized spacial score (nSPS) is 15.9. The molecule has 158 valence electrons. The van der Waals surface area contributed by atoms with E-state index in [9.17, 15) is 9.59 Å². The van der Waals surface area contributed by atoms with Crippen molar-refractivity contribution in [3.05, 3.63) is 68.8 Å². The van der Waals surface area contributed by atoms with Crippen LogP contribution in [-0.2, 0) is 19.7 Å². The highest BCUT2D eigenvalue weighted by atomic mass is 35.5. The van der Waals surface area contributed by atoms with Gasteiger partial charge in [-0.2, -0.15) is 0 Å². The van der Waals surface area contributed by atoms with E-state index >= 15 is 0 Å². The number of allylic oxidation sites excluding steroid dienone is 1. The Hall–Kier alpha value is -1.66. The Balaban J connectivity index is 1.58. The molecule has 2 aromatic carbocycles. The van der Waals surface area contributed by atoms with E-state index in [4.69, 9.17) is 39.5 Å². The van der Waals surface area contributed by atoms with Gasteiger partial charge in [-0.1, -0.05) is 66.8 Å². The number of para-hydroxylation sites is 1. The average Bonchev–Trinajstić information content (AvgIpc) is 2.91. The number of fused-ring (bicyclic) bond motifs is 1. The van der Waals surface area contributed by atoms with E-state index in [-0.39, 0.29) is 33.6 Å². The van der Waals surface area contributed by atoms with Gasteiger partial charge >= 0.3 is 5.97 Å². The molecule has 0 amide bonds. The largest absolute Gasteiger partial charge is 0.457 e. The third-order valence-electron chi connectivity index (χ3n) is 4.96. The number of benzene rings is 2. The number of rotatable bonds is 6. The van der Waals surface area contributed by atoms with Gasteiger partial charge in [0, 0.05) is 34.8 Å². The van der Waals surface area contributed by atoms with Crippen molar-refractivity contribution in [2.24, 2.45) is 0 Å². The number of ketones is 1. The minimum Gasteiger partial charge on any atom is -0.457 e. The van der Waals surface area contributed by atoms with Crippen molar-refractivity contribution in [1.29, 1.82) is 0 Å². The molecule has 0 aromatic heterocycles. The number of anilines is 1. The topological polar surface area (TPSA) is 46.6 Å². The summed E-state index contributed by atoms with van der Waals surface area (Å²) in [5, 5.41) is 0.867. The standard InChI is InChI=1S/C22H20Cl3NO3S/c1-22(2)14-6-4-5-7-16(14)26(3)18(22)10-13(27)11-29-19(28)12-30-17-9-8-15(23)20(24)21(17)25/h4-10H,11-12H2,1-3H3. The summed E-state index contributed by atoms with van der Waals surface area (Å²) in [6.07, 6.45) is 1.55. The quantitative estimate of drug-likeness (QED) is 0.213. The van der Waals surface area contributed by atoms with Crippen LogP contribution in [0.4, 0.5) is 5.69 Å². The summed E-state index contributed by atoms with van der Waals surface area (Å²) in [6, 6.07) is 11.3. The zero-order valence-electron chi connectivity index (χ0n) is 16.7. The molecule has 8 heteroatoms. The van der Waals surface area contributed by atoms with E-state index < -0.39 is 5.97 Å². The molecule has 0 spiro atoms. The third-order valence-corrected chi connectivity index (χ3v) is 7.40. The highest BCUT2D eigenvalue weighted by Gasteiger charge is 2.38. The molecule has 0 radical (unpaired) electrons. The van der Waals surface area contributed by atoms with Gasteiger partial charge in [0.05, 0.1) is 20.8 Å². The van der Waals surface area contributed by atoms with E-state index in [2.05, 4.69) is 19.9 Å². The van der Waals surface area contributed by atoms with Crippen molar-refractivity contribution in [3.8, 4) is 0 Å². The van der Waals surface area contributed by atoms with Crippen molar-refractivity contribution in [3.63, 3.8) is 0 Å². The summed E-state index contributed by atoms with van der Waals surface area (Å²) in [5.74, 6) is -0.793. The number of carbonyl (C=O) groups is 2. The maximum Gasteiger partial charge on any atom is 0.316 e. The summed E-state index contributed by atoms with van der Waals surface area (Å²) in [7, 11) is 1.93. The van der Waals surface area contributed by atoms with E-state index in [1.807, 2.05) is 30.1 Å². The first-order chi connectivity index (χ1) is 14.1. The fraction of sp³-hybridized carbons (Fsp3) is 0.273. The molecule has 0 aliphatic carbocycles. The van der Waals surface area contributed by atoms with E-state index in [0.717, 1.165) is 16.9 Å². The SMILES string of the molecule is CN1C(=CC(=O)COC(=O)CSc2ccc(Cl)c(Cl)c2Cl)C(C)(C)c2ccccc21. The molecule has 2 aromatic rings. The molecule has 0 bridgehead atoms. The molecule has 1 aliphatic rings. The second-order valence-electron chi connectivity index (χ2n) is 7.32. The fourth-order valence-electron chi connectivity index (χ4n) is 3.40. The maximum atomic E-state index is 12.5. The lowest BCUT2D eigenvalue weighted by atomic mass is 9.83. The molecule has 0 N–H and O–H groups in total. The lowest BCUT2D eigenvalue weighted by molar-refractivity contribution is -0.144. The third kappa shape index (κ3) is 4.65. The fourth-order valence-corrected chi connectivity index (χ4v) is 4.91. The number of carbonyl (C=O) groups excluding carboxylic acids is 2. The van der Waals surface area contributed by atoms with Crippen molar-refractivity contribution >= 4 is 64.0 Å². The predicted molar refractivity (Wildman–Crippen MR) is 124 cm³/mol. The first-order valence-electron chi connectivity index (χ1n) is 9.13. The van der Waals surface area contributed by atoms with Crippen LogP contribution in [0.2, 0.25) is 15.1 Å². The van der Waals surface area contributed by atoms with Gasteiger partial charge in [-0.3, -0.25) is 9.59 Å². The van der Waals surface area contributed by atoms with Gasteiger partial charge in [-0.15, -0.1) is 11.8 Å². The number of esters is 1. The molecular weight excluding hydrogens is 465 g/mol. The van der Waals surface area contributed by atoms with Gasteiger partial charge in [-0.25, -0.2) is 0 Å². The van der Waals surface area contributed by atoms with Crippen LogP contribution in [0.25, 0.3) is 0 Å². The maximum absolute atomic E-state index is 12.5. The molecule has 0 saturated heterocycles. The molecule has 1 heterocycles. The van der Waals surface area contributed by atoms with E-state index in [1.54, 1.807) is 18.2 Å². The number of hydrogen-bond acceptors (Lipinski definition) is 5. The van der Waals surface area contributed by atoms with Gasteiger partial charge in [0.25, 0.3) is 0 Å². The van der Waals surface area contributed by atoms with Crippen LogP contribution < -0.4 is 4.90 Å². The molecule has 30 heavy (non-hydrogen) atoms. The van der Waals surface area contributed by atoms with Crippen LogP contribution in [0, 0.1) is 0 Å². The van der Waals surface area contributed by atoms with Crippen LogP contribution >= 0.6 is 46.6 Å². The summed E-state index contributed by atoms with van der Waals surface area (Å²) in [6.45, 7) is 3.81. The number of thioether (sulfide) groups is 1. The van der Waals surface area contributed by atoms with Gasteiger partial charge in [0.15, 0.2) is 12.4 Å². The lowest BCUT2D eigenvalue weighted by Gasteiger charge is -2.23. The zero-order chi connectivity index (χ0) is 22.1. The zero-order valence-corrected chi connectivity index (χ0v) is 19.8. The molecule has 0 unspecified atom stereocenters. The summed E-state index contributed by atoms with van der Waals surface area (Å²) >= 11 is 19.2. The second kappa shape index (κ2) is 9.23. The minimum atomic E-state index is -0.517. The highest BCUT2D eigenvalue weighted by molar-refractivity contribution is 8.00. The first kappa shape index (κ1) is 23.0. The molecular formula is C22H20Cl3NO3S. The Labute approximate surface area is 195 Å². The van der Waals surface area contributed by atoms with Gasteiger partial charge in [0.1, 0.15) is 0 Å². The Morgan fingerprint density at radius 1 is 1.10 bits per heavy atom. The van der Waals surface area contributed by atoms with Crippen molar-refractivity contribution in [1.82, 2.24) is 0 Å². The number of likely N-dealkylation sites (N-methyl/N-ethyl adjacent to an activating group) is 1. The Morgan fingerprint density at radius 2 is 1.80 bits per heavy atom. The number of halogens is 3. The number of ether oxygens (including phenoxy) is 1. The Kier molecular flexibility index (Phi) is 7.08. The smallest absolute Gasteiger partial charge is 0.316 e. The molecule has 0 atom stereocenters. The van der Waals surface area contributed by atoms with Gasteiger partial charge in [-0.05, 0) is 23.8 Å². The molecule has 3 rings (SSSR count). The van der Waals surface area contributed by atoms with Gasteiger partial charge in [0.2, 0.25) is 0 Å². The van der Waals surface area contributed by atoms with Crippen LogP contribution in [-0.4, -0.2) is 31.2 Å². The summed E-state index contributed by atoms with van der Waals surface area (Å²) < 4.78 is 5.14. The van der Waals surface area contributed by atoms with Crippen molar-refractivity contribution in [2.45, 2.75) is 24.2 Å². The van der Waals surface area contributed by atoms with Crippen LogP contribution in [0.5, 0.6) is 0 Å². The molecule has 0 fully saturated rings. The van der Waals surface area contributed by atoms with Crippen LogP contribution in [0.3, 0.4) is 0 Å². The highest BCUT2D eigenvalue weighted by Crippen LogP contribution is 2.46. The lowest BCUT2D eigenvalue weighted by Crippen LogP contribution is -2.25. The first-order valence-corrected chi connectivity index (χ1v) is 11.2. The summed E-state index contributed by atoms with van der Waals surface area (Å²) in [4.78, 5) is 27.1.